The van der Waals surface area contributed by atoms with E-state index in [0.717, 1.165) is 22.4 Å². The predicted octanol–water partition coefficient (Wildman–Crippen LogP) is 2.72. The molecule has 0 aliphatic carbocycles. The molecule has 4 rings (SSSR count). The summed E-state index contributed by atoms with van der Waals surface area (Å²) in [5.41, 5.74) is 8.90. The number of aromatic nitrogens is 2. The fraction of sp³-hybridized carbons (Fsp3) is 0.300. The van der Waals surface area contributed by atoms with Gasteiger partial charge in [0.2, 0.25) is 0 Å². The maximum absolute atomic E-state index is 11.6. The van der Waals surface area contributed by atoms with Crippen LogP contribution in [0.25, 0.3) is 11.0 Å². The van der Waals surface area contributed by atoms with E-state index in [1.807, 2.05) is 53.4 Å². The highest BCUT2D eigenvalue weighted by Gasteiger charge is 2.35. The summed E-state index contributed by atoms with van der Waals surface area (Å²) in [7, 11) is 0. The molecule has 0 bridgehead atoms. The predicted molar refractivity (Wildman–Crippen MR) is 105 cm³/mol. The Bertz CT molecular complexity index is 987. The number of hydrogen-bond donors (Lipinski definition) is 2. The summed E-state index contributed by atoms with van der Waals surface area (Å²) in [4.78, 5) is 18.3. The number of nitrogens with zero attached hydrogens (tertiary/aromatic N) is 3. The van der Waals surface area contributed by atoms with Crippen molar-refractivity contribution in [3.8, 4) is 0 Å². The molecular formula is C20H21ClN4O2. The van der Waals surface area contributed by atoms with Crippen LogP contribution in [0.4, 0.5) is 0 Å². The maximum Gasteiger partial charge on any atom is 0.320 e. The summed E-state index contributed by atoms with van der Waals surface area (Å²) in [5.74, 6) is -0.0202. The molecular weight excluding hydrogens is 364 g/mol. The quantitative estimate of drug-likeness (QED) is 0.706. The molecule has 1 saturated heterocycles. The van der Waals surface area contributed by atoms with Gasteiger partial charge in [-0.05, 0) is 30.2 Å². The number of carbonyl (C=O) groups is 1. The first kappa shape index (κ1) is 18.0. The summed E-state index contributed by atoms with van der Waals surface area (Å²) in [6.07, 6.45) is 0.458. The lowest BCUT2D eigenvalue weighted by Gasteiger charge is -2.21. The normalized spacial score (nSPS) is 20.4. The second-order valence-corrected chi connectivity index (χ2v) is 7.38. The number of aliphatic carboxylic acids is 1. The number of carboxylic acid groups (broad SMARTS) is 1. The zero-order valence-corrected chi connectivity index (χ0v) is 15.5. The second-order valence-electron chi connectivity index (χ2n) is 6.97. The van der Waals surface area contributed by atoms with Gasteiger partial charge in [-0.15, -0.1) is 0 Å². The number of imidazole rings is 1. The van der Waals surface area contributed by atoms with E-state index in [2.05, 4.69) is 4.57 Å². The van der Waals surface area contributed by atoms with Crippen LogP contribution in [0.3, 0.4) is 0 Å². The van der Waals surface area contributed by atoms with Crippen LogP contribution in [-0.4, -0.2) is 44.2 Å². The molecule has 6 nitrogen and oxygen atoms in total. The minimum Gasteiger partial charge on any atom is -0.480 e. The first-order chi connectivity index (χ1) is 13.0. The van der Waals surface area contributed by atoms with Crippen LogP contribution >= 0.6 is 11.6 Å². The smallest absolute Gasteiger partial charge is 0.320 e. The number of carboxylic acids is 1. The third-order valence-electron chi connectivity index (χ3n) is 5.09. The number of likely N-dealkylation sites (tertiary alicyclic amines) is 1. The van der Waals surface area contributed by atoms with Crippen molar-refractivity contribution in [2.75, 3.05) is 6.54 Å². The molecule has 0 unspecified atom stereocenters. The summed E-state index contributed by atoms with van der Waals surface area (Å²) in [5, 5.41) is 10.2. The standard InChI is InChI=1S/C20H21ClN4O2/c21-15-6-2-1-5-13(15)10-25-17-8-4-3-7-16(17)23-19(25)12-24-11-14(22)9-18(24)20(26)27/h1-8,14,18H,9-12,22H2,(H,26,27)/t14-,18-/m0/s1. The van der Waals surface area contributed by atoms with Gasteiger partial charge in [0, 0.05) is 17.6 Å². The average Bonchev–Trinajstić information content (AvgIpc) is 3.18. The highest BCUT2D eigenvalue weighted by molar-refractivity contribution is 6.31. The zero-order valence-electron chi connectivity index (χ0n) is 14.8. The molecule has 3 aromatic rings. The molecule has 0 amide bonds. The van der Waals surface area contributed by atoms with Crippen LogP contribution in [0.15, 0.2) is 48.5 Å². The zero-order chi connectivity index (χ0) is 19.0. The number of hydrogen-bond acceptors (Lipinski definition) is 4. The Hall–Kier alpha value is -2.41. The van der Waals surface area contributed by atoms with E-state index in [4.69, 9.17) is 22.3 Å². The Morgan fingerprint density at radius 2 is 1.93 bits per heavy atom. The summed E-state index contributed by atoms with van der Waals surface area (Å²) < 4.78 is 2.11. The molecule has 1 fully saturated rings. The summed E-state index contributed by atoms with van der Waals surface area (Å²) >= 11 is 6.36. The van der Waals surface area contributed by atoms with Crippen molar-refractivity contribution in [2.45, 2.75) is 31.6 Å². The number of nitrogens with two attached hydrogens (primary N) is 1. The van der Waals surface area contributed by atoms with Crippen LogP contribution < -0.4 is 5.73 Å². The number of fused-ring (bicyclic) bond motifs is 1. The van der Waals surface area contributed by atoms with Gasteiger partial charge in [-0.3, -0.25) is 9.69 Å². The summed E-state index contributed by atoms with van der Waals surface area (Å²) in [6, 6.07) is 14.9. The van der Waals surface area contributed by atoms with Crippen LogP contribution in [0.1, 0.15) is 17.8 Å². The summed E-state index contributed by atoms with van der Waals surface area (Å²) in [6.45, 7) is 1.56. The van der Waals surface area contributed by atoms with Gasteiger partial charge in [0.25, 0.3) is 0 Å². The first-order valence-electron chi connectivity index (χ1n) is 8.93. The van der Waals surface area contributed by atoms with Crippen molar-refractivity contribution in [3.63, 3.8) is 0 Å². The van der Waals surface area contributed by atoms with Crippen molar-refractivity contribution >= 4 is 28.6 Å². The molecule has 140 valence electrons. The Kier molecular flexibility index (Phi) is 4.86. The van der Waals surface area contributed by atoms with Gasteiger partial charge in [0.05, 0.1) is 24.1 Å². The van der Waals surface area contributed by atoms with Crippen LogP contribution in [0.5, 0.6) is 0 Å². The first-order valence-corrected chi connectivity index (χ1v) is 9.30. The van der Waals surface area contributed by atoms with Crippen molar-refractivity contribution < 1.29 is 9.90 Å². The van der Waals surface area contributed by atoms with Crippen molar-refractivity contribution in [1.29, 1.82) is 0 Å². The van der Waals surface area contributed by atoms with E-state index >= 15 is 0 Å². The highest BCUT2D eigenvalue weighted by atomic mass is 35.5. The number of benzene rings is 2. The molecule has 7 heteroatoms. The Morgan fingerprint density at radius 1 is 1.19 bits per heavy atom. The largest absolute Gasteiger partial charge is 0.480 e. The van der Waals surface area contributed by atoms with Gasteiger partial charge in [-0.1, -0.05) is 41.9 Å². The van der Waals surface area contributed by atoms with E-state index in [0.29, 0.717) is 31.1 Å². The molecule has 0 spiro atoms. The van der Waals surface area contributed by atoms with E-state index in [9.17, 15) is 9.90 Å². The molecule has 3 N–H and O–H groups in total. The minimum atomic E-state index is -0.836. The fourth-order valence-electron chi connectivity index (χ4n) is 3.77. The van der Waals surface area contributed by atoms with Crippen molar-refractivity contribution in [2.24, 2.45) is 5.73 Å². The van der Waals surface area contributed by atoms with Gasteiger partial charge in [-0.25, -0.2) is 4.98 Å². The van der Waals surface area contributed by atoms with E-state index in [-0.39, 0.29) is 6.04 Å². The molecule has 1 aliphatic rings. The molecule has 0 radical (unpaired) electrons. The monoisotopic (exact) mass is 384 g/mol. The van der Waals surface area contributed by atoms with Crippen molar-refractivity contribution in [3.05, 3.63) is 64.9 Å². The molecule has 2 aromatic carbocycles. The van der Waals surface area contributed by atoms with Gasteiger partial charge in [0.1, 0.15) is 11.9 Å². The van der Waals surface area contributed by atoms with Gasteiger partial charge >= 0.3 is 5.97 Å². The molecule has 2 heterocycles. The van der Waals surface area contributed by atoms with Gasteiger partial charge in [0.15, 0.2) is 0 Å². The Morgan fingerprint density at radius 3 is 2.70 bits per heavy atom. The lowest BCUT2D eigenvalue weighted by atomic mass is 10.2. The van der Waals surface area contributed by atoms with Crippen LogP contribution in [0, 0.1) is 0 Å². The Balaban J connectivity index is 1.72. The molecule has 0 saturated carbocycles. The molecule has 27 heavy (non-hydrogen) atoms. The maximum atomic E-state index is 11.6. The number of para-hydroxylation sites is 2. The van der Waals surface area contributed by atoms with Crippen LogP contribution in [0.2, 0.25) is 5.02 Å². The van der Waals surface area contributed by atoms with Crippen molar-refractivity contribution in [1.82, 2.24) is 14.5 Å². The SMILES string of the molecule is N[C@H]1C[C@@H](C(=O)O)N(Cc2nc3ccccc3n2Cc2ccccc2Cl)C1. The number of rotatable bonds is 5. The Labute approximate surface area is 162 Å². The highest BCUT2D eigenvalue weighted by Crippen LogP contribution is 2.25. The fourth-order valence-corrected chi connectivity index (χ4v) is 3.97. The second kappa shape index (κ2) is 7.31. The minimum absolute atomic E-state index is 0.132. The van der Waals surface area contributed by atoms with E-state index in [1.165, 1.54) is 0 Å². The topological polar surface area (TPSA) is 84.4 Å². The van der Waals surface area contributed by atoms with E-state index in [1.54, 1.807) is 0 Å². The average molecular weight is 385 g/mol. The molecule has 1 aromatic heterocycles. The van der Waals surface area contributed by atoms with Crippen LogP contribution in [-0.2, 0) is 17.9 Å². The lowest BCUT2D eigenvalue weighted by molar-refractivity contribution is -0.142. The third kappa shape index (κ3) is 3.56. The molecule has 1 aliphatic heterocycles. The van der Waals surface area contributed by atoms with Gasteiger partial charge in [-0.2, -0.15) is 0 Å². The molecule has 2 atom stereocenters. The van der Waals surface area contributed by atoms with E-state index < -0.39 is 12.0 Å². The number of halogens is 1. The van der Waals surface area contributed by atoms with Gasteiger partial charge < -0.3 is 15.4 Å². The lowest BCUT2D eigenvalue weighted by Crippen LogP contribution is -2.36. The third-order valence-corrected chi connectivity index (χ3v) is 5.45.